The van der Waals surface area contributed by atoms with Gasteiger partial charge in [0.2, 0.25) is 0 Å². The third-order valence-corrected chi connectivity index (χ3v) is 6.65. The minimum Gasteiger partial charge on any atom is -0.376 e. The normalized spacial score (nSPS) is 46.8. The molecule has 1 aromatic rings. The maximum absolute atomic E-state index is 12.3. The van der Waals surface area contributed by atoms with E-state index in [2.05, 4.69) is 24.3 Å². The number of ketones is 1. The lowest BCUT2D eigenvalue weighted by atomic mass is 9.38. The summed E-state index contributed by atoms with van der Waals surface area (Å²) in [6.07, 6.45) is 3.32. The van der Waals surface area contributed by atoms with Gasteiger partial charge in [0, 0.05) is 11.8 Å². The van der Waals surface area contributed by atoms with E-state index in [0.717, 1.165) is 31.3 Å². The Labute approximate surface area is 119 Å². The second-order valence-electron chi connectivity index (χ2n) is 7.20. The number of hydrogen-bond acceptors (Lipinski definition) is 2. The van der Waals surface area contributed by atoms with Gasteiger partial charge < -0.3 is 4.74 Å². The first-order valence-electron chi connectivity index (χ1n) is 7.98. The van der Waals surface area contributed by atoms with Crippen LogP contribution in [0.25, 0.3) is 0 Å². The van der Waals surface area contributed by atoms with Crippen molar-refractivity contribution in [2.24, 2.45) is 35.0 Å². The smallest absolute Gasteiger partial charge is 0.139 e. The molecule has 1 unspecified atom stereocenters. The Hall–Kier alpha value is -1.15. The number of ether oxygens (including phenoxy) is 1. The maximum Gasteiger partial charge on any atom is 0.139 e. The van der Waals surface area contributed by atoms with E-state index in [1.54, 1.807) is 0 Å². The second kappa shape index (κ2) is 3.73. The highest BCUT2D eigenvalue weighted by molar-refractivity contribution is 5.92. The first-order chi connectivity index (χ1) is 9.83. The van der Waals surface area contributed by atoms with E-state index in [1.807, 2.05) is 6.07 Å². The Morgan fingerprint density at radius 2 is 2.05 bits per heavy atom. The highest BCUT2D eigenvalue weighted by Gasteiger charge is 2.85. The van der Waals surface area contributed by atoms with Gasteiger partial charge in [0.1, 0.15) is 5.78 Å². The number of hydrogen-bond donors (Lipinski definition) is 0. The van der Waals surface area contributed by atoms with Crippen LogP contribution in [0.4, 0.5) is 0 Å². The summed E-state index contributed by atoms with van der Waals surface area (Å²) in [5.41, 5.74) is 1.42. The third kappa shape index (κ3) is 1.18. The molecule has 0 aliphatic heterocycles. The van der Waals surface area contributed by atoms with Crippen LogP contribution in [-0.2, 0) is 16.1 Å². The van der Waals surface area contributed by atoms with Gasteiger partial charge in [-0.1, -0.05) is 30.3 Å². The summed E-state index contributed by atoms with van der Waals surface area (Å²) in [7, 11) is 0. The molecule has 0 aromatic heterocycles. The maximum atomic E-state index is 12.3. The lowest BCUT2D eigenvalue weighted by Gasteiger charge is -2.64. The van der Waals surface area contributed by atoms with E-state index >= 15 is 0 Å². The number of benzene rings is 1. The van der Waals surface area contributed by atoms with E-state index in [0.29, 0.717) is 30.1 Å². The number of carbonyl (C=O) groups is 1. The second-order valence-corrected chi connectivity index (χ2v) is 7.20. The predicted octanol–water partition coefficient (Wildman–Crippen LogP) is 3.06. The molecule has 0 amide bonds. The molecule has 6 atom stereocenters. The van der Waals surface area contributed by atoms with Crippen LogP contribution < -0.4 is 0 Å². The first kappa shape index (κ1) is 11.5. The van der Waals surface area contributed by atoms with E-state index in [9.17, 15) is 4.79 Å². The van der Waals surface area contributed by atoms with Gasteiger partial charge in [0.05, 0.1) is 13.2 Å². The number of Topliss-reactive ketones (excluding diaryl/α,β-unsaturated/α-hetero) is 1. The van der Waals surface area contributed by atoms with Gasteiger partial charge in [0.15, 0.2) is 0 Å². The average Bonchev–Trinajstić information content (AvgIpc) is 3.07. The van der Waals surface area contributed by atoms with Gasteiger partial charge in [-0.2, -0.15) is 0 Å². The van der Waals surface area contributed by atoms with Crippen LogP contribution in [0, 0.1) is 35.0 Å². The molecule has 4 saturated carbocycles. The summed E-state index contributed by atoms with van der Waals surface area (Å²) in [4.78, 5) is 12.3. The molecular formula is C18H20O2. The highest BCUT2D eigenvalue weighted by Crippen LogP contribution is 2.86. The lowest BCUT2D eigenvalue weighted by Crippen LogP contribution is -2.66. The minimum absolute atomic E-state index is 0.172. The molecule has 1 spiro atoms. The Bertz CT molecular complexity index is 558. The Kier molecular flexibility index (Phi) is 2.15. The van der Waals surface area contributed by atoms with Crippen LogP contribution in [0.5, 0.6) is 0 Å². The molecule has 0 radical (unpaired) electrons. The fourth-order valence-corrected chi connectivity index (χ4v) is 5.99. The van der Waals surface area contributed by atoms with Gasteiger partial charge in [-0.15, -0.1) is 0 Å². The van der Waals surface area contributed by atoms with Crippen LogP contribution in [-0.4, -0.2) is 12.4 Å². The molecule has 2 heteroatoms. The van der Waals surface area contributed by atoms with Crippen LogP contribution in [0.1, 0.15) is 24.8 Å². The quantitative estimate of drug-likeness (QED) is 0.839. The van der Waals surface area contributed by atoms with E-state index in [-0.39, 0.29) is 5.41 Å². The molecule has 0 N–H and O–H groups in total. The zero-order valence-electron chi connectivity index (χ0n) is 11.6. The Morgan fingerprint density at radius 3 is 2.90 bits per heavy atom. The topological polar surface area (TPSA) is 26.3 Å². The van der Waals surface area contributed by atoms with Crippen molar-refractivity contribution < 1.29 is 9.53 Å². The van der Waals surface area contributed by atoms with Gasteiger partial charge in [-0.3, -0.25) is 4.79 Å². The molecule has 1 aromatic carbocycles. The zero-order valence-corrected chi connectivity index (χ0v) is 11.6. The fraction of sp³-hybridized carbons (Fsp3) is 0.611. The van der Waals surface area contributed by atoms with Crippen molar-refractivity contribution in [2.75, 3.05) is 6.61 Å². The Balaban J connectivity index is 1.25. The monoisotopic (exact) mass is 268 g/mol. The lowest BCUT2D eigenvalue weighted by molar-refractivity contribution is -0.208. The van der Waals surface area contributed by atoms with Crippen molar-refractivity contribution in [3.05, 3.63) is 35.9 Å². The van der Waals surface area contributed by atoms with Crippen molar-refractivity contribution in [3.63, 3.8) is 0 Å². The highest BCUT2D eigenvalue weighted by atomic mass is 16.5. The number of fused-ring (bicyclic) bond motifs is 2. The third-order valence-electron chi connectivity index (χ3n) is 6.65. The van der Waals surface area contributed by atoms with Gasteiger partial charge >= 0.3 is 0 Å². The molecule has 4 fully saturated rings. The summed E-state index contributed by atoms with van der Waals surface area (Å²) in [6, 6.07) is 10.4. The first-order valence-corrected chi connectivity index (χ1v) is 7.98. The van der Waals surface area contributed by atoms with Crippen molar-refractivity contribution >= 4 is 5.78 Å². The molecule has 0 heterocycles. The zero-order chi connectivity index (χ0) is 13.3. The van der Waals surface area contributed by atoms with Gasteiger partial charge in [0.25, 0.3) is 0 Å². The summed E-state index contributed by atoms with van der Waals surface area (Å²) in [6.45, 7) is 1.58. The summed E-state index contributed by atoms with van der Waals surface area (Å²) in [5, 5.41) is 0. The molecule has 0 saturated heterocycles. The molecule has 104 valence electrons. The summed E-state index contributed by atoms with van der Waals surface area (Å²) in [5.74, 6) is 4.32. The SMILES string of the molecule is O=C1CC[C@H]2[C@H](COCc3ccccc3)[C@@H]3[C@H]4C[C@H]4C132. The van der Waals surface area contributed by atoms with Gasteiger partial charge in [-0.05, 0) is 48.0 Å². The van der Waals surface area contributed by atoms with Crippen LogP contribution in [0.3, 0.4) is 0 Å². The van der Waals surface area contributed by atoms with Crippen LogP contribution in [0.2, 0.25) is 0 Å². The molecule has 0 bridgehead atoms. The van der Waals surface area contributed by atoms with Crippen molar-refractivity contribution in [2.45, 2.75) is 25.9 Å². The van der Waals surface area contributed by atoms with E-state index in [1.165, 1.54) is 12.0 Å². The van der Waals surface area contributed by atoms with E-state index < -0.39 is 0 Å². The van der Waals surface area contributed by atoms with Crippen molar-refractivity contribution in [1.29, 1.82) is 0 Å². The molecular weight excluding hydrogens is 248 g/mol. The fourth-order valence-electron chi connectivity index (χ4n) is 5.99. The number of carbonyl (C=O) groups excluding carboxylic acids is 1. The van der Waals surface area contributed by atoms with E-state index in [4.69, 9.17) is 4.74 Å². The molecule has 4 aliphatic carbocycles. The standard InChI is InChI=1S/C18H20O2/c19-16-7-6-14-13(17-12-8-15(12)18(14,16)17)10-20-9-11-4-2-1-3-5-11/h1-5,12-15,17H,6-10H2/t12-,13-,14-,15+,17-,18?/m0/s1. The molecule has 20 heavy (non-hydrogen) atoms. The van der Waals surface area contributed by atoms with Gasteiger partial charge in [-0.25, -0.2) is 0 Å². The van der Waals surface area contributed by atoms with Crippen molar-refractivity contribution in [3.8, 4) is 0 Å². The van der Waals surface area contributed by atoms with Crippen LogP contribution in [0.15, 0.2) is 30.3 Å². The van der Waals surface area contributed by atoms with Crippen molar-refractivity contribution in [1.82, 2.24) is 0 Å². The summed E-state index contributed by atoms with van der Waals surface area (Å²) < 4.78 is 5.97. The molecule has 4 aliphatic rings. The molecule has 2 nitrogen and oxygen atoms in total. The number of rotatable bonds is 4. The average molecular weight is 268 g/mol. The summed E-state index contributed by atoms with van der Waals surface area (Å²) >= 11 is 0. The van der Waals surface area contributed by atoms with Crippen LogP contribution >= 0.6 is 0 Å². The molecule has 5 rings (SSSR count). The largest absolute Gasteiger partial charge is 0.376 e. The Morgan fingerprint density at radius 1 is 1.20 bits per heavy atom. The predicted molar refractivity (Wildman–Crippen MR) is 74.8 cm³/mol. The minimum atomic E-state index is 0.172.